The molecule has 1 aromatic rings. The molecule has 0 spiro atoms. The molecule has 1 aromatic heterocycles. The Balaban J connectivity index is 1.99. The number of aromatic nitrogens is 2. The first-order valence-corrected chi connectivity index (χ1v) is 7.09. The van der Waals surface area contributed by atoms with E-state index in [1.54, 1.807) is 6.33 Å². The Hall–Kier alpha value is -1.36. The lowest BCUT2D eigenvalue weighted by Crippen LogP contribution is -2.40. The molecule has 1 heterocycles. The van der Waals surface area contributed by atoms with Crippen LogP contribution < -0.4 is 15.0 Å². The van der Waals surface area contributed by atoms with Gasteiger partial charge in [-0.2, -0.15) is 0 Å². The van der Waals surface area contributed by atoms with Gasteiger partial charge in [0.25, 0.3) is 0 Å². The predicted molar refractivity (Wildman–Crippen MR) is 76.7 cm³/mol. The van der Waals surface area contributed by atoms with Crippen LogP contribution in [0.15, 0.2) is 12.4 Å². The third-order valence-electron chi connectivity index (χ3n) is 3.93. The fourth-order valence-corrected chi connectivity index (χ4v) is 2.69. The van der Waals surface area contributed by atoms with E-state index in [9.17, 15) is 0 Å². The second-order valence-corrected chi connectivity index (χ2v) is 5.05. The van der Waals surface area contributed by atoms with Gasteiger partial charge in [0.15, 0.2) is 0 Å². The standard InChI is InChI=1S/C14H24N4O/c1-4-19-14-9-13(16-10-17-14)18(3)12-7-5-11(15-2)6-8-12/h9-12,15H,4-8H2,1-3H3. The van der Waals surface area contributed by atoms with Crippen LogP contribution in [0, 0.1) is 0 Å². The highest BCUT2D eigenvalue weighted by molar-refractivity contribution is 5.41. The van der Waals surface area contributed by atoms with Gasteiger partial charge in [0.05, 0.1) is 6.61 Å². The topological polar surface area (TPSA) is 50.3 Å². The van der Waals surface area contributed by atoms with Crippen LogP contribution in [0.5, 0.6) is 5.88 Å². The lowest BCUT2D eigenvalue weighted by Gasteiger charge is -2.35. The SMILES string of the molecule is CCOc1cc(N(C)C2CCC(NC)CC2)ncn1. The molecule has 0 atom stereocenters. The first kappa shape index (κ1) is 14.1. The summed E-state index contributed by atoms with van der Waals surface area (Å²) in [6, 6.07) is 3.16. The van der Waals surface area contributed by atoms with Gasteiger partial charge in [-0.25, -0.2) is 9.97 Å². The largest absolute Gasteiger partial charge is 0.478 e. The summed E-state index contributed by atoms with van der Waals surface area (Å²) in [5, 5.41) is 3.36. The lowest BCUT2D eigenvalue weighted by molar-refractivity contribution is 0.325. The number of nitrogens with zero attached hydrogens (tertiary/aromatic N) is 3. The summed E-state index contributed by atoms with van der Waals surface area (Å²) in [5.41, 5.74) is 0. The van der Waals surface area contributed by atoms with E-state index in [1.165, 1.54) is 25.7 Å². The van der Waals surface area contributed by atoms with Crippen LogP contribution in [0.2, 0.25) is 0 Å². The van der Waals surface area contributed by atoms with Crippen molar-refractivity contribution in [2.75, 3.05) is 25.6 Å². The van der Waals surface area contributed by atoms with Gasteiger partial charge in [-0.15, -0.1) is 0 Å². The van der Waals surface area contributed by atoms with Gasteiger partial charge in [-0.3, -0.25) is 0 Å². The number of ether oxygens (including phenoxy) is 1. The minimum atomic E-state index is 0.564. The summed E-state index contributed by atoms with van der Waals surface area (Å²) in [5.74, 6) is 1.61. The van der Waals surface area contributed by atoms with Crippen molar-refractivity contribution >= 4 is 5.82 Å². The van der Waals surface area contributed by atoms with Crippen molar-refractivity contribution < 1.29 is 4.74 Å². The van der Waals surface area contributed by atoms with Crippen molar-refractivity contribution in [2.24, 2.45) is 0 Å². The van der Waals surface area contributed by atoms with Crippen molar-refractivity contribution in [1.29, 1.82) is 0 Å². The van der Waals surface area contributed by atoms with E-state index in [0.29, 0.717) is 24.6 Å². The van der Waals surface area contributed by atoms with Gasteiger partial charge in [0.1, 0.15) is 12.1 Å². The van der Waals surface area contributed by atoms with Crippen molar-refractivity contribution in [2.45, 2.75) is 44.7 Å². The van der Waals surface area contributed by atoms with E-state index >= 15 is 0 Å². The molecule has 1 saturated carbocycles. The fourth-order valence-electron chi connectivity index (χ4n) is 2.69. The summed E-state index contributed by atoms with van der Waals surface area (Å²) in [7, 11) is 4.16. The lowest BCUT2D eigenvalue weighted by atomic mass is 9.90. The van der Waals surface area contributed by atoms with Crippen molar-refractivity contribution in [3.05, 3.63) is 12.4 Å². The zero-order valence-electron chi connectivity index (χ0n) is 12.1. The first-order chi connectivity index (χ1) is 9.24. The third kappa shape index (κ3) is 3.56. The zero-order valence-corrected chi connectivity index (χ0v) is 12.1. The van der Waals surface area contributed by atoms with E-state index in [0.717, 1.165) is 5.82 Å². The maximum absolute atomic E-state index is 5.43. The molecule has 0 saturated heterocycles. The highest BCUT2D eigenvalue weighted by atomic mass is 16.5. The van der Waals surface area contributed by atoms with Crippen LogP contribution in [-0.4, -0.2) is 42.8 Å². The Morgan fingerprint density at radius 2 is 2.05 bits per heavy atom. The third-order valence-corrected chi connectivity index (χ3v) is 3.93. The number of rotatable bonds is 5. The molecule has 0 bridgehead atoms. The molecule has 0 unspecified atom stereocenters. The summed E-state index contributed by atoms with van der Waals surface area (Å²) in [6.07, 6.45) is 6.45. The van der Waals surface area contributed by atoms with Gasteiger partial charge in [-0.1, -0.05) is 0 Å². The average molecular weight is 264 g/mol. The molecule has 5 nitrogen and oxygen atoms in total. The first-order valence-electron chi connectivity index (χ1n) is 7.09. The molecule has 2 rings (SSSR count). The van der Waals surface area contributed by atoms with E-state index in [1.807, 2.05) is 20.0 Å². The van der Waals surface area contributed by atoms with Crippen LogP contribution in [0.25, 0.3) is 0 Å². The minimum Gasteiger partial charge on any atom is -0.478 e. The number of anilines is 1. The summed E-state index contributed by atoms with van der Waals surface area (Å²) < 4.78 is 5.43. The summed E-state index contributed by atoms with van der Waals surface area (Å²) >= 11 is 0. The Bertz CT molecular complexity index is 391. The quantitative estimate of drug-likeness (QED) is 0.879. The minimum absolute atomic E-state index is 0.564. The molecule has 106 valence electrons. The summed E-state index contributed by atoms with van der Waals surface area (Å²) in [6.45, 7) is 2.60. The van der Waals surface area contributed by atoms with Crippen molar-refractivity contribution in [1.82, 2.24) is 15.3 Å². The van der Waals surface area contributed by atoms with Crippen LogP contribution in [0.4, 0.5) is 5.82 Å². The van der Waals surface area contributed by atoms with Gasteiger partial charge in [0.2, 0.25) is 5.88 Å². The average Bonchev–Trinajstić information content (AvgIpc) is 2.47. The van der Waals surface area contributed by atoms with E-state index < -0.39 is 0 Å². The molecule has 1 fully saturated rings. The smallest absolute Gasteiger partial charge is 0.218 e. The summed E-state index contributed by atoms with van der Waals surface area (Å²) in [4.78, 5) is 10.7. The maximum atomic E-state index is 5.43. The molecule has 0 radical (unpaired) electrons. The zero-order chi connectivity index (χ0) is 13.7. The van der Waals surface area contributed by atoms with Crippen LogP contribution in [-0.2, 0) is 0 Å². The molecular weight excluding hydrogens is 240 g/mol. The molecule has 1 N–H and O–H groups in total. The van der Waals surface area contributed by atoms with E-state index in [-0.39, 0.29) is 0 Å². The monoisotopic (exact) mass is 264 g/mol. The van der Waals surface area contributed by atoms with E-state index in [2.05, 4.69) is 27.2 Å². The Labute approximate surface area is 115 Å². The molecular formula is C14H24N4O. The van der Waals surface area contributed by atoms with Gasteiger partial charge < -0.3 is 15.0 Å². The van der Waals surface area contributed by atoms with Crippen molar-refractivity contribution in [3.8, 4) is 5.88 Å². The molecule has 5 heteroatoms. The predicted octanol–water partition coefficient (Wildman–Crippen LogP) is 1.84. The molecule has 1 aliphatic carbocycles. The van der Waals surface area contributed by atoms with E-state index in [4.69, 9.17) is 4.74 Å². The van der Waals surface area contributed by atoms with Crippen LogP contribution in [0.1, 0.15) is 32.6 Å². The Kier molecular flexibility index (Phi) is 4.96. The van der Waals surface area contributed by atoms with Crippen LogP contribution >= 0.6 is 0 Å². The Morgan fingerprint density at radius 3 is 2.68 bits per heavy atom. The molecule has 0 aromatic carbocycles. The van der Waals surface area contributed by atoms with Crippen molar-refractivity contribution in [3.63, 3.8) is 0 Å². The highest BCUT2D eigenvalue weighted by Gasteiger charge is 2.24. The Morgan fingerprint density at radius 1 is 1.32 bits per heavy atom. The molecule has 1 aliphatic rings. The second kappa shape index (κ2) is 6.70. The van der Waals surface area contributed by atoms with Crippen LogP contribution in [0.3, 0.4) is 0 Å². The fraction of sp³-hybridized carbons (Fsp3) is 0.714. The number of hydrogen-bond acceptors (Lipinski definition) is 5. The molecule has 0 aliphatic heterocycles. The maximum Gasteiger partial charge on any atom is 0.218 e. The second-order valence-electron chi connectivity index (χ2n) is 5.05. The molecule has 19 heavy (non-hydrogen) atoms. The van der Waals surface area contributed by atoms with Gasteiger partial charge >= 0.3 is 0 Å². The number of nitrogens with one attached hydrogen (secondary N) is 1. The normalized spacial score (nSPS) is 23.1. The van der Waals surface area contributed by atoms with Gasteiger partial charge in [0, 0.05) is 25.2 Å². The highest BCUT2D eigenvalue weighted by Crippen LogP contribution is 2.26. The molecule has 0 amide bonds. The van der Waals surface area contributed by atoms with Gasteiger partial charge in [-0.05, 0) is 39.7 Å². The number of hydrogen-bond donors (Lipinski definition) is 1.